The summed E-state index contributed by atoms with van der Waals surface area (Å²) >= 11 is 1.91. The highest BCUT2D eigenvalue weighted by Gasteiger charge is 2.41. The van der Waals surface area contributed by atoms with Gasteiger partial charge in [0.15, 0.2) is 0 Å². The molecule has 0 spiro atoms. The summed E-state index contributed by atoms with van der Waals surface area (Å²) in [6.45, 7) is 2.84. The van der Waals surface area contributed by atoms with Crippen molar-refractivity contribution in [3.63, 3.8) is 0 Å². The molecule has 0 aromatic heterocycles. The molecule has 3 heteroatoms. The van der Waals surface area contributed by atoms with E-state index in [4.69, 9.17) is 4.74 Å². The van der Waals surface area contributed by atoms with E-state index in [9.17, 15) is 4.79 Å². The molecule has 2 rings (SSSR count). The molecule has 0 radical (unpaired) electrons. The third kappa shape index (κ3) is 3.78. The monoisotopic (exact) mass is 268 g/mol. The van der Waals surface area contributed by atoms with Crippen molar-refractivity contribution in [1.82, 2.24) is 0 Å². The van der Waals surface area contributed by atoms with Gasteiger partial charge in [0.05, 0.1) is 12.5 Å². The van der Waals surface area contributed by atoms with Crippen molar-refractivity contribution < 1.29 is 9.53 Å². The van der Waals surface area contributed by atoms with Gasteiger partial charge >= 0.3 is 5.97 Å². The first-order chi connectivity index (χ1) is 8.81. The third-order valence-electron chi connectivity index (χ3n) is 3.78. The lowest BCUT2D eigenvalue weighted by molar-refractivity contribution is -0.148. The van der Waals surface area contributed by atoms with Crippen LogP contribution in [0.4, 0.5) is 0 Å². The Morgan fingerprint density at radius 2 is 2.00 bits per heavy atom. The number of carbonyl (C=O) groups is 1. The lowest BCUT2D eigenvalue weighted by atomic mass is 9.95. The molecular weight excluding hydrogens is 244 g/mol. The van der Waals surface area contributed by atoms with E-state index in [1.54, 1.807) is 0 Å². The van der Waals surface area contributed by atoms with Gasteiger partial charge in [0.1, 0.15) is 0 Å². The standard InChI is InChI=1S/C15H24O2S/c1-2-3-4-5-6-7-10-17-15(16)13-11-12-8-9-14(13)18-12/h8-9,12-14H,2-7,10-11H2,1H3. The molecular formula is C15H24O2S. The molecule has 1 saturated heterocycles. The number of rotatable bonds is 8. The van der Waals surface area contributed by atoms with Gasteiger partial charge in [-0.25, -0.2) is 0 Å². The lowest BCUT2D eigenvalue weighted by Gasteiger charge is -2.15. The maximum atomic E-state index is 11.9. The lowest BCUT2D eigenvalue weighted by Crippen LogP contribution is -2.24. The first kappa shape index (κ1) is 14.0. The minimum atomic E-state index is 0.0351. The van der Waals surface area contributed by atoms with E-state index >= 15 is 0 Å². The maximum Gasteiger partial charge on any atom is 0.310 e. The number of hydrogen-bond donors (Lipinski definition) is 0. The van der Waals surface area contributed by atoms with Gasteiger partial charge in [-0.3, -0.25) is 4.79 Å². The Balaban J connectivity index is 1.52. The van der Waals surface area contributed by atoms with Crippen LogP contribution in [0.2, 0.25) is 0 Å². The first-order valence-corrected chi connectivity index (χ1v) is 8.26. The Kier molecular flexibility index (Phi) is 5.61. The summed E-state index contributed by atoms with van der Waals surface area (Å²) < 4.78 is 5.40. The topological polar surface area (TPSA) is 26.3 Å². The highest BCUT2D eigenvalue weighted by Crippen LogP contribution is 2.45. The molecule has 1 fully saturated rings. The predicted molar refractivity (Wildman–Crippen MR) is 76.7 cm³/mol. The fraction of sp³-hybridized carbons (Fsp3) is 0.800. The maximum absolute atomic E-state index is 11.9. The van der Waals surface area contributed by atoms with Gasteiger partial charge in [-0.05, 0) is 12.8 Å². The van der Waals surface area contributed by atoms with Crippen molar-refractivity contribution in [3.05, 3.63) is 12.2 Å². The molecule has 0 N–H and O–H groups in total. The van der Waals surface area contributed by atoms with Crippen LogP contribution < -0.4 is 0 Å². The summed E-state index contributed by atoms with van der Waals surface area (Å²) in [7, 11) is 0. The molecule has 0 aliphatic carbocycles. The number of thioether (sulfide) groups is 1. The Bertz CT molecular complexity index is 301. The third-order valence-corrected chi connectivity index (χ3v) is 5.27. The van der Waals surface area contributed by atoms with Crippen LogP contribution in [0.3, 0.4) is 0 Å². The van der Waals surface area contributed by atoms with E-state index in [0.29, 0.717) is 17.1 Å². The Labute approximate surface area is 115 Å². The van der Waals surface area contributed by atoms with Crippen molar-refractivity contribution in [3.8, 4) is 0 Å². The quantitative estimate of drug-likeness (QED) is 0.379. The van der Waals surface area contributed by atoms with Gasteiger partial charge < -0.3 is 4.74 Å². The minimum absolute atomic E-state index is 0.0351. The zero-order chi connectivity index (χ0) is 12.8. The summed E-state index contributed by atoms with van der Waals surface area (Å²) in [6, 6.07) is 0. The van der Waals surface area contributed by atoms with E-state index in [2.05, 4.69) is 19.1 Å². The normalized spacial score (nSPS) is 28.8. The summed E-state index contributed by atoms with van der Waals surface area (Å²) in [5.74, 6) is 0.165. The molecule has 0 amide bonds. The molecule has 102 valence electrons. The molecule has 3 atom stereocenters. The van der Waals surface area contributed by atoms with Crippen molar-refractivity contribution in [2.45, 2.75) is 62.4 Å². The average molecular weight is 268 g/mol. The van der Waals surface area contributed by atoms with Crippen molar-refractivity contribution >= 4 is 17.7 Å². The molecule has 0 aromatic carbocycles. The molecule has 18 heavy (non-hydrogen) atoms. The van der Waals surface area contributed by atoms with E-state index in [1.165, 1.54) is 32.1 Å². The first-order valence-electron chi connectivity index (χ1n) is 7.31. The van der Waals surface area contributed by atoms with Crippen LogP contribution in [0.15, 0.2) is 12.2 Å². The van der Waals surface area contributed by atoms with Crippen LogP contribution in [0.25, 0.3) is 0 Å². The highest BCUT2D eigenvalue weighted by molar-refractivity contribution is 8.01. The van der Waals surface area contributed by atoms with Crippen LogP contribution in [0.5, 0.6) is 0 Å². The zero-order valence-electron chi connectivity index (χ0n) is 11.3. The van der Waals surface area contributed by atoms with Gasteiger partial charge in [-0.1, -0.05) is 51.2 Å². The second-order valence-corrected chi connectivity index (χ2v) is 6.72. The van der Waals surface area contributed by atoms with Crippen LogP contribution in [-0.2, 0) is 9.53 Å². The van der Waals surface area contributed by atoms with Crippen LogP contribution >= 0.6 is 11.8 Å². The van der Waals surface area contributed by atoms with Crippen LogP contribution in [0.1, 0.15) is 51.9 Å². The Morgan fingerprint density at radius 1 is 1.22 bits per heavy atom. The number of esters is 1. The molecule has 2 bridgehead atoms. The number of ether oxygens (including phenoxy) is 1. The molecule has 2 nitrogen and oxygen atoms in total. The second kappa shape index (κ2) is 7.22. The van der Waals surface area contributed by atoms with Crippen molar-refractivity contribution in [1.29, 1.82) is 0 Å². The van der Waals surface area contributed by atoms with Gasteiger partial charge in [-0.2, -0.15) is 0 Å². The minimum Gasteiger partial charge on any atom is -0.465 e. The van der Waals surface area contributed by atoms with E-state index < -0.39 is 0 Å². The van der Waals surface area contributed by atoms with Crippen molar-refractivity contribution in [2.24, 2.45) is 5.92 Å². The molecule has 2 aliphatic rings. The fourth-order valence-corrected chi connectivity index (χ4v) is 4.16. The SMILES string of the molecule is CCCCCCCCOC(=O)C1CC2C=CC1S2. The summed E-state index contributed by atoms with van der Waals surface area (Å²) in [4.78, 5) is 11.9. The molecule has 0 saturated carbocycles. The molecule has 2 aliphatic heterocycles. The number of unbranched alkanes of at least 4 members (excludes halogenated alkanes) is 5. The Morgan fingerprint density at radius 3 is 2.67 bits per heavy atom. The second-order valence-electron chi connectivity index (χ2n) is 5.30. The van der Waals surface area contributed by atoms with Crippen molar-refractivity contribution in [2.75, 3.05) is 6.61 Å². The van der Waals surface area contributed by atoms with Crippen LogP contribution in [-0.4, -0.2) is 23.1 Å². The molecule has 3 unspecified atom stereocenters. The van der Waals surface area contributed by atoms with E-state index in [0.717, 1.165) is 12.8 Å². The summed E-state index contributed by atoms with van der Waals surface area (Å²) in [5, 5.41) is 0.966. The van der Waals surface area contributed by atoms with E-state index in [-0.39, 0.29) is 11.9 Å². The summed E-state index contributed by atoms with van der Waals surface area (Å²) in [6.07, 6.45) is 12.8. The smallest absolute Gasteiger partial charge is 0.310 e. The van der Waals surface area contributed by atoms with Crippen LogP contribution in [0, 0.1) is 5.92 Å². The largest absolute Gasteiger partial charge is 0.465 e. The average Bonchev–Trinajstić information content (AvgIpc) is 2.99. The van der Waals surface area contributed by atoms with E-state index in [1.807, 2.05) is 11.8 Å². The van der Waals surface area contributed by atoms with Gasteiger partial charge in [0, 0.05) is 10.5 Å². The zero-order valence-corrected chi connectivity index (χ0v) is 12.1. The number of fused-ring (bicyclic) bond motifs is 2. The number of carbonyl (C=O) groups excluding carboxylic acids is 1. The van der Waals surface area contributed by atoms with Gasteiger partial charge in [0.25, 0.3) is 0 Å². The number of hydrogen-bond acceptors (Lipinski definition) is 3. The van der Waals surface area contributed by atoms with Gasteiger partial charge in [-0.15, -0.1) is 11.8 Å². The fourth-order valence-electron chi connectivity index (χ4n) is 2.67. The molecule has 0 aromatic rings. The predicted octanol–water partition coefficient (Wildman–Crippen LogP) is 3.95. The highest BCUT2D eigenvalue weighted by atomic mass is 32.2. The summed E-state index contributed by atoms with van der Waals surface area (Å²) in [5.41, 5.74) is 0. The Hall–Kier alpha value is -0.440. The molecule has 2 heterocycles. The van der Waals surface area contributed by atoms with Gasteiger partial charge in [0.2, 0.25) is 0 Å².